The Labute approximate surface area is 230 Å². The zero-order valence-electron chi connectivity index (χ0n) is 21.7. The highest BCUT2D eigenvalue weighted by Crippen LogP contribution is 2.41. The molecule has 0 radical (unpaired) electrons. The maximum Gasteiger partial charge on any atom is 0.310 e. The van der Waals surface area contributed by atoms with Gasteiger partial charge in [-0.1, -0.05) is 23.7 Å². The third-order valence-corrected chi connectivity index (χ3v) is 8.67. The molecular weight excluding hydrogens is 516 g/mol. The number of aryl methyl sites for hydroxylation is 2. The second-order valence-corrected chi connectivity index (χ2v) is 11.2. The Bertz CT molecular complexity index is 1670. The molecule has 1 aliphatic heterocycles. The summed E-state index contributed by atoms with van der Waals surface area (Å²) in [6.07, 6.45) is 1.31. The molecule has 1 aliphatic rings. The maximum atomic E-state index is 12.6. The van der Waals surface area contributed by atoms with Crippen LogP contribution in [0.1, 0.15) is 36.3 Å². The van der Waals surface area contributed by atoms with Gasteiger partial charge in [-0.15, -0.1) is 11.3 Å². The van der Waals surface area contributed by atoms with Crippen molar-refractivity contribution in [3.05, 3.63) is 70.5 Å². The van der Waals surface area contributed by atoms with Crippen LogP contribution in [0.4, 0.5) is 0 Å². The highest BCUT2D eigenvalue weighted by Gasteiger charge is 2.23. The summed E-state index contributed by atoms with van der Waals surface area (Å²) in [4.78, 5) is 22.5. The van der Waals surface area contributed by atoms with Crippen LogP contribution >= 0.6 is 22.9 Å². The van der Waals surface area contributed by atoms with Crippen molar-refractivity contribution in [1.29, 1.82) is 0 Å². The normalized spacial score (nSPS) is 15.5. The molecule has 0 amide bonds. The minimum absolute atomic E-state index is 0.209. The number of thiazole rings is 1. The van der Waals surface area contributed by atoms with Crippen molar-refractivity contribution in [3.8, 4) is 21.7 Å². The molecule has 1 N–H and O–H groups in total. The predicted octanol–water partition coefficient (Wildman–Crippen LogP) is 6.89. The number of hydrogen-bond acceptors (Lipinski definition) is 6. The van der Waals surface area contributed by atoms with E-state index in [2.05, 4.69) is 41.1 Å². The van der Waals surface area contributed by atoms with E-state index in [0.717, 1.165) is 79.4 Å². The minimum Gasteiger partial charge on any atom is -0.466 e. The number of carbonyl (C=O) groups excluding carboxylic acids is 1. The first-order valence-electron chi connectivity index (χ1n) is 13.0. The topological polar surface area (TPSA) is 69.0 Å². The maximum absolute atomic E-state index is 12.6. The Kier molecular flexibility index (Phi) is 6.68. The predicted molar refractivity (Wildman–Crippen MR) is 155 cm³/mol. The van der Waals surface area contributed by atoms with Crippen LogP contribution in [0.3, 0.4) is 0 Å². The zero-order chi connectivity index (χ0) is 26.4. The Morgan fingerprint density at radius 2 is 1.89 bits per heavy atom. The molecule has 1 unspecified atom stereocenters. The van der Waals surface area contributed by atoms with Gasteiger partial charge >= 0.3 is 5.97 Å². The van der Waals surface area contributed by atoms with Crippen molar-refractivity contribution < 1.29 is 9.53 Å². The SMILES string of the molecule is CCOC(=O)Cc1c(C)cc2nc(-c3ccc4nc(C)n(C5CCNC5)c4c3)sc2c1-c1ccc(Cl)cc1. The smallest absolute Gasteiger partial charge is 0.310 e. The van der Waals surface area contributed by atoms with Gasteiger partial charge in [0.05, 0.1) is 34.3 Å². The fourth-order valence-electron chi connectivity index (χ4n) is 5.53. The fourth-order valence-corrected chi connectivity index (χ4v) is 6.79. The number of imidazole rings is 1. The molecule has 1 fully saturated rings. The van der Waals surface area contributed by atoms with Gasteiger partial charge in [0, 0.05) is 28.7 Å². The number of ether oxygens (including phenoxy) is 1. The fraction of sp³-hybridized carbons (Fsp3) is 0.300. The van der Waals surface area contributed by atoms with Crippen LogP contribution in [0.2, 0.25) is 5.02 Å². The van der Waals surface area contributed by atoms with Crippen LogP contribution in [-0.2, 0) is 16.0 Å². The number of rotatable bonds is 6. The van der Waals surface area contributed by atoms with E-state index in [9.17, 15) is 4.79 Å². The van der Waals surface area contributed by atoms with Crippen LogP contribution in [0.25, 0.3) is 42.9 Å². The lowest BCUT2D eigenvalue weighted by atomic mass is 9.93. The van der Waals surface area contributed by atoms with Gasteiger partial charge in [0.2, 0.25) is 0 Å². The summed E-state index contributed by atoms with van der Waals surface area (Å²) in [7, 11) is 0. The molecular formula is C30H29ClN4O2S. The van der Waals surface area contributed by atoms with Crippen LogP contribution in [0.5, 0.6) is 0 Å². The number of carbonyl (C=O) groups is 1. The van der Waals surface area contributed by atoms with E-state index in [1.165, 1.54) is 0 Å². The molecule has 0 bridgehead atoms. The monoisotopic (exact) mass is 544 g/mol. The van der Waals surface area contributed by atoms with Gasteiger partial charge in [-0.25, -0.2) is 9.97 Å². The minimum atomic E-state index is -0.231. The Morgan fingerprint density at radius 1 is 1.11 bits per heavy atom. The quantitative estimate of drug-likeness (QED) is 0.236. The van der Waals surface area contributed by atoms with Gasteiger partial charge in [-0.05, 0) is 86.8 Å². The van der Waals surface area contributed by atoms with Crippen molar-refractivity contribution >= 4 is 50.2 Å². The number of halogens is 1. The van der Waals surface area contributed by atoms with Crippen molar-refractivity contribution in [2.45, 2.75) is 39.7 Å². The first kappa shape index (κ1) is 25.0. The summed E-state index contributed by atoms with van der Waals surface area (Å²) in [6, 6.07) is 16.7. The molecule has 3 heterocycles. The van der Waals surface area contributed by atoms with E-state index in [1.54, 1.807) is 11.3 Å². The van der Waals surface area contributed by atoms with Crippen LogP contribution in [-0.4, -0.2) is 40.2 Å². The second kappa shape index (κ2) is 10.1. The molecule has 38 heavy (non-hydrogen) atoms. The highest BCUT2D eigenvalue weighted by atomic mass is 35.5. The van der Waals surface area contributed by atoms with Gasteiger partial charge in [0.25, 0.3) is 0 Å². The summed E-state index contributed by atoms with van der Waals surface area (Å²) >= 11 is 7.87. The number of nitrogens with zero attached hydrogens (tertiary/aromatic N) is 3. The lowest BCUT2D eigenvalue weighted by Crippen LogP contribution is -2.14. The molecule has 0 spiro atoms. The lowest BCUT2D eigenvalue weighted by Gasteiger charge is -2.14. The van der Waals surface area contributed by atoms with Gasteiger partial charge in [-0.3, -0.25) is 4.79 Å². The largest absolute Gasteiger partial charge is 0.466 e. The van der Waals surface area contributed by atoms with Crippen molar-refractivity contribution in [3.63, 3.8) is 0 Å². The number of benzene rings is 3. The van der Waals surface area contributed by atoms with Crippen molar-refractivity contribution in [2.24, 2.45) is 0 Å². The van der Waals surface area contributed by atoms with E-state index < -0.39 is 0 Å². The Hall–Kier alpha value is -3.26. The van der Waals surface area contributed by atoms with Crippen molar-refractivity contribution in [2.75, 3.05) is 19.7 Å². The summed E-state index contributed by atoms with van der Waals surface area (Å²) in [5.74, 6) is 0.810. The molecule has 194 valence electrons. The zero-order valence-corrected chi connectivity index (χ0v) is 23.2. The lowest BCUT2D eigenvalue weighted by molar-refractivity contribution is -0.142. The molecule has 5 aromatic rings. The standard InChI is InChI=1S/C30H29ClN4O2S/c1-4-37-27(36)15-23-17(2)13-25-29(28(23)19-5-8-21(31)9-6-19)38-30(34-25)20-7-10-24-26(14-20)35(18(3)33-24)22-11-12-32-16-22/h5-10,13-14,22,32H,4,11-12,15-16H2,1-3H3. The van der Waals surface area contributed by atoms with Crippen molar-refractivity contribution in [1.82, 2.24) is 19.9 Å². The first-order chi connectivity index (χ1) is 18.4. The molecule has 2 aromatic heterocycles. The number of nitrogens with one attached hydrogen (secondary N) is 1. The van der Waals surface area contributed by atoms with Crippen LogP contribution in [0, 0.1) is 13.8 Å². The molecule has 0 aliphatic carbocycles. The van der Waals surface area contributed by atoms with Gasteiger partial charge < -0.3 is 14.6 Å². The van der Waals surface area contributed by atoms with Crippen LogP contribution in [0.15, 0.2) is 48.5 Å². The van der Waals surface area contributed by atoms with E-state index >= 15 is 0 Å². The second-order valence-electron chi connectivity index (χ2n) is 9.78. The molecule has 1 saturated heterocycles. The van der Waals surface area contributed by atoms with Gasteiger partial charge in [-0.2, -0.15) is 0 Å². The number of fused-ring (bicyclic) bond motifs is 2. The van der Waals surface area contributed by atoms with E-state index in [-0.39, 0.29) is 12.4 Å². The molecule has 6 nitrogen and oxygen atoms in total. The number of esters is 1. The molecule has 0 saturated carbocycles. The van der Waals surface area contributed by atoms with Crippen LogP contribution < -0.4 is 5.32 Å². The summed E-state index contributed by atoms with van der Waals surface area (Å²) < 4.78 is 8.73. The Morgan fingerprint density at radius 3 is 2.63 bits per heavy atom. The molecule has 1 atom stereocenters. The molecule has 6 rings (SSSR count). The summed E-state index contributed by atoms with van der Waals surface area (Å²) in [5.41, 5.74) is 8.15. The Balaban J connectivity index is 1.52. The number of aromatic nitrogens is 3. The number of hydrogen-bond donors (Lipinski definition) is 1. The van der Waals surface area contributed by atoms with E-state index in [1.807, 2.05) is 38.1 Å². The van der Waals surface area contributed by atoms with E-state index in [4.69, 9.17) is 26.3 Å². The highest BCUT2D eigenvalue weighted by molar-refractivity contribution is 7.22. The van der Waals surface area contributed by atoms with E-state index in [0.29, 0.717) is 17.7 Å². The van der Waals surface area contributed by atoms with Gasteiger partial charge in [0.15, 0.2) is 0 Å². The molecule has 3 aromatic carbocycles. The van der Waals surface area contributed by atoms with Gasteiger partial charge in [0.1, 0.15) is 10.8 Å². The first-order valence-corrected chi connectivity index (χ1v) is 14.2. The summed E-state index contributed by atoms with van der Waals surface area (Å²) in [6.45, 7) is 8.30. The average Bonchev–Trinajstić information content (AvgIpc) is 3.63. The summed E-state index contributed by atoms with van der Waals surface area (Å²) in [5, 5.41) is 5.09. The molecule has 8 heteroatoms. The third-order valence-electron chi connectivity index (χ3n) is 7.28. The third kappa shape index (κ3) is 4.49. The average molecular weight is 545 g/mol.